The monoisotopic (exact) mass is 397 g/mol. The number of carbonyl (C=O) groups is 1. The van der Waals surface area contributed by atoms with Gasteiger partial charge in [-0.15, -0.1) is 11.8 Å². The van der Waals surface area contributed by atoms with E-state index in [1.807, 2.05) is 65.0 Å². The normalized spacial score (nSPS) is 20.9. The SMILES string of the molecule is CSc1ccccc1C(=O)N1C[C@@H]2C[C@H](C1)c1ccc(CN(C)C)c(=O)n1C2. The van der Waals surface area contributed by atoms with Crippen LogP contribution in [0.25, 0.3) is 0 Å². The number of amides is 1. The van der Waals surface area contributed by atoms with Crippen LogP contribution in [0, 0.1) is 5.92 Å². The van der Waals surface area contributed by atoms with E-state index in [-0.39, 0.29) is 17.4 Å². The zero-order chi connectivity index (χ0) is 19.8. The second-order valence-corrected chi connectivity index (χ2v) is 8.99. The van der Waals surface area contributed by atoms with Crippen molar-refractivity contribution in [2.45, 2.75) is 30.3 Å². The Labute approximate surface area is 170 Å². The minimum absolute atomic E-state index is 0.111. The van der Waals surface area contributed by atoms with Gasteiger partial charge in [-0.3, -0.25) is 9.59 Å². The Hall–Kier alpha value is -2.05. The van der Waals surface area contributed by atoms with Gasteiger partial charge in [0.05, 0.1) is 5.56 Å². The molecule has 1 amide bonds. The number of benzene rings is 1. The number of nitrogens with zero attached hydrogens (tertiary/aromatic N) is 3. The molecule has 5 nitrogen and oxygen atoms in total. The molecule has 2 aliphatic rings. The molecule has 2 bridgehead atoms. The number of hydrogen-bond donors (Lipinski definition) is 0. The van der Waals surface area contributed by atoms with Crippen LogP contribution < -0.4 is 5.56 Å². The highest BCUT2D eigenvalue weighted by Gasteiger charge is 2.37. The van der Waals surface area contributed by atoms with Gasteiger partial charge in [-0.25, -0.2) is 0 Å². The quantitative estimate of drug-likeness (QED) is 0.745. The smallest absolute Gasteiger partial charge is 0.255 e. The second-order valence-electron chi connectivity index (χ2n) is 8.15. The lowest BCUT2D eigenvalue weighted by Gasteiger charge is -2.43. The first-order valence-corrected chi connectivity index (χ1v) is 11.0. The predicted octanol–water partition coefficient (Wildman–Crippen LogP) is 2.89. The van der Waals surface area contributed by atoms with Gasteiger partial charge in [0.25, 0.3) is 11.5 Å². The maximum absolute atomic E-state index is 13.2. The van der Waals surface area contributed by atoms with Crippen molar-refractivity contribution in [2.75, 3.05) is 33.4 Å². The van der Waals surface area contributed by atoms with Crippen LogP contribution >= 0.6 is 11.8 Å². The van der Waals surface area contributed by atoms with Crippen LogP contribution in [0.2, 0.25) is 0 Å². The molecular weight excluding hydrogens is 370 g/mol. The van der Waals surface area contributed by atoms with E-state index in [1.165, 1.54) is 0 Å². The third-order valence-corrected chi connectivity index (χ3v) is 6.59. The average Bonchev–Trinajstić information content (AvgIpc) is 2.69. The lowest BCUT2D eigenvalue weighted by atomic mass is 9.82. The minimum Gasteiger partial charge on any atom is -0.338 e. The summed E-state index contributed by atoms with van der Waals surface area (Å²) >= 11 is 1.61. The highest BCUT2D eigenvalue weighted by Crippen LogP contribution is 2.36. The summed E-state index contributed by atoms with van der Waals surface area (Å²) < 4.78 is 1.97. The average molecular weight is 398 g/mol. The minimum atomic E-state index is 0.111. The van der Waals surface area contributed by atoms with Gasteiger partial charge in [0.15, 0.2) is 0 Å². The summed E-state index contributed by atoms with van der Waals surface area (Å²) in [4.78, 5) is 31.2. The number of pyridine rings is 1. The molecule has 1 fully saturated rings. The summed E-state index contributed by atoms with van der Waals surface area (Å²) in [5, 5.41) is 0. The van der Waals surface area contributed by atoms with E-state index in [1.54, 1.807) is 11.8 Å². The van der Waals surface area contributed by atoms with Gasteiger partial charge in [0.1, 0.15) is 0 Å². The highest BCUT2D eigenvalue weighted by molar-refractivity contribution is 7.98. The van der Waals surface area contributed by atoms with E-state index >= 15 is 0 Å². The Morgan fingerprint density at radius 2 is 1.93 bits per heavy atom. The van der Waals surface area contributed by atoms with Gasteiger partial charge >= 0.3 is 0 Å². The molecule has 6 heteroatoms. The molecule has 3 heterocycles. The summed E-state index contributed by atoms with van der Waals surface area (Å²) in [5.74, 6) is 0.683. The number of likely N-dealkylation sites (tertiary alicyclic amines) is 1. The molecule has 2 aromatic rings. The largest absolute Gasteiger partial charge is 0.338 e. The molecule has 148 valence electrons. The summed E-state index contributed by atoms with van der Waals surface area (Å²) in [6.45, 7) is 2.77. The highest BCUT2D eigenvalue weighted by atomic mass is 32.2. The van der Waals surface area contributed by atoms with Gasteiger partial charge in [-0.05, 0) is 50.9 Å². The fourth-order valence-electron chi connectivity index (χ4n) is 4.61. The van der Waals surface area contributed by atoms with Crippen molar-refractivity contribution in [3.05, 3.63) is 63.6 Å². The van der Waals surface area contributed by atoms with Crippen molar-refractivity contribution in [3.63, 3.8) is 0 Å². The Bertz CT molecular complexity index is 953. The van der Waals surface area contributed by atoms with Gasteiger partial charge in [-0.1, -0.05) is 18.2 Å². The van der Waals surface area contributed by atoms with E-state index in [4.69, 9.17) is 0 Å². The van der Waals surface area contributed by atoms with Crippen LogP contribution in [0.4, 0.5) is 0 Å². The third kappa shape index (κ3) is 3.51. The molecule has 1 aromatic carbocycles. The van der Waals surface area contributed by atoms with Crippen LogP contribution in [-0.4, -0.2) is 53.7 Å². The summed E-state index contributed by atoms with van der Waals surface area (Å²) in [6.07, 6.45) is 3.06. The first kappa shape index (κ1) is 19.3. The molecule has 0 spiro atoms. The van der Waals surface area contributed by atoms with Crippen LogP contribution in [0.15, 0.2) is 46.1 Å². The van der Waals surface area contributed by atoms with Crippen LogP contribution in [0.1, 0.15) is 34.0 Å². The topological polar surface area (TPSA) is 45.6 Å². The first-order chi connectivity index (χ1) is 13.5. The number of aromatic nitrogens is 1. The Morgan fingerprint density at radius 3 is 2.68 bits per heavy atom. The Morgan fingerprint density at radius 1 is 1.14 bits per heavy atom. The van der Waals surface area contributed by atoms with Crippen LogP contribution in [0.5, 0.6) is 0 Å². The summed E-state index contributed by atoms with van der Waals surface area (Å²) in [7, 11) is 3.96. The molecular formula is C22H27N3O2S. The molecule has 4 rings (SSSR count). The van der Waals surface area contributed by atoms with Crippen molar-refractivity contribution in [3.8, 4) is 0 Å². The Kier molecular flexibility index (Phi) is 5.34. The van der Waals surface area contributed by atoms with Crippen LogP contribution in [-0.2, 0) is 13.1 Å². The number of thioether (sulfide) groups is 1. The maximum atomic E-state index is 13.2. The lowest BCUT2D eigenvalue weighted by Crippen LogP contribution is -2.49. The van der Waals surface area contributed by atoms with E-state index in [2.05, 4.69) is 6.07 Å². The first-order valence-electron chi connectivity index (χ1n) is 9.77. The molecule has 0 N–H and O–H groups in total. The molecule has 2 atom stereocenters. The molecule has 0 unspecified atom stereocenters. The maximum Gasteiger partial charge on any atom is 0.255 e. The summed E-state index contributed by atoms with van der Waals surface area (Å²) in [5.41, 5.74) is 2.84. The van der Waals surface area contributed by atoms with Crippen LogP contribution in [0.3, 0.4) is 0 Å². The van der Waals surface area contributed by atoms with Crippen molar-refractivity contribution in [2.24, 2.45) is 5.92 Å². The molecule has 2 aliphatic heterocycles. The number of fused-ring (bicyclic) bond motifs is 4. The van der Waals surface area contributed by atoms with Crippen molar-refractivity contribution >= 4 is 17.7 Å². The standard InChI is InChI=1S/C22H27N3O2S/c1-23(2)13-16-8-9-19-17-10-15(12-25(19)21(16)26)11-24(14-17)22(27)18-6-4-5-7-20(18)28-3/h4-9,15,17H,10-14H2,1-3H3/t15-,17+/m0/s1. The van der Waals surface area contributed by atoms with Gasteiger partial charge in [0, 0.05) is 48.2 Å². The predicted molar refractivity (Wildman–Crippen MR) is 113 cm³/mol. The fourth-order valence-corrected chi connectivity index (χ4v) is 5.20. The number of carbonyl (C=O) groups excluding carboxylic acids is 1. The van der Waals surface area contributed by atoms with Gasteiger partial charge in [0.2, 0.25) is 0 Å². The van der Waals surface area contributed by atoms with E-state index < -0.39 is 0 Å². The molecule has 28 heavy (non-hydrogen) atoms. The third-order valence-electron chi connectivity index (χ3n) is 5.79. The number of hydrogen-bond acceptors (Lipinski definition) is 4. The molecule has 0 saturated carbocycles. The van der Waals surface area contributed by atoms with Gasteiger partial charge < -0.3 is 14.4 Å². The molecule has 0 radical (unpaired) electrons. The van der Waals surface area contributed by atoms with E-state index in [0.717, 1.165) is 34.7 Å². The summed E-state index contributed by atoms with van der Waals surface area (Å²) in [6, 6.07) is 11.9. The van der Waals surface area contributed by atoms with E-state index in [0.29, 0.717) is 25.6 Å². The zero-order valence-corrected chi connectivity index (χ0v) is 17.5. The number of piperidine rings is 1. The Balaban J connectivity index is 1.62. The van der Waals surface area contributed by atoms with Gasteiger partial charge in [-0.2, -0.15) is 0 Å². The molecule has 0 aliphatic carbocycles. The second kappa shape index (κ2) is 7.76. The zero-order valence-electron chi connectivity index (χ0n) is 16.7. The van der Waals surface area contributed by atoms with E-state index in [9.17, 15) is 9.59 Å². The molecule has 1 saturated heterocycles. The lowest BCUT2D eigenvalue weighted by molar-refractivity contribution is 0.0590. The van der Waals surface area contributed by atoms with Crippen molar-refractivity contribution in [1.29, 1.82) is 0 Å². The van der Waals surface area contributed by atoms with Crippen molar-refractivity contribution < 1.29 is 4.79 Å². The number of rotatable bonds is 4. The van der Waals surface area contributed by atoms with Crippen molar-refractivity contribution in [1.82, 2.24) is 14.4 Å². The fraction of sp³-hybridized carbons (Fsp3) is 0.455. The molecule has 1 aromatic heterocycles.